The van der Waals surface area contributed by atoms with Crippen molar-refractivity contribution in [1.29, 1.82) is 0 Å². The van der Waals surface area contributed by atoms with Crippen LogP contribution < -0.4 is 4.74 Å². The summed E-state index contributed by atoms with van der Waals surface area (Å²) in [5, 5.41) is 0. The molecule has 6 nitrogen and oxygen atoms in total. The number of nitrogens with zero attached hydrogens (tertiary/aromatic N) is 4. The minimum absolute atomic E-state index is 0.229. The predicted molar refractivity (Wildman–Crippen MR) is 116 cm³/mol. The van der Waals surface area contributed by atoms with Crippen LogP contribution in [0, 0.1) is 11.8 Å². The summed E-state index contributed by atoms with van der Waals surface area (Å²) < 4.78 is 5.65. The van der Waals surface area contributed by atoms with E-state index >= 15 is 0 Å². The first-order valence-corrected chi connectivity index (χ1v) is 11.2. The van der Waals surface area contributed by atoms with Crippen LogP contribution in [0.15, 0.2) is 42.7 Å². The molecule has 0 N–H and O–H groups in total. The van der Waals surface area contributed by atoms with Crippen molar-refractivity contribution in [2.45, 2.75) is 39.2 Å². The third kappa shape index (κ3) is 5.57. The molecule has 2 aromatic rings. The van der Waals surface area contributed by atoms with Crippen molar-refractivity contribution in [3.63, 3.8) is 0 Å². The minimum atomic E-state index is 0.229. The van der Waals surface area contributed by atoms with Gasteiger partial charge in [-0.25, -0.2) is 9.97 Å². The molecule has 160 valence electrons. The van der Waals surface area contributed by atoms with Gasteiger partial charge in [-0.1, -0.05) is 31.2 Å². The van der Waals surface area contributed by atoms with Gasteiger partial charge in [0, 0.05) is 44.4 Å². The molecule has 1 amide bonds. The smallest absolute Gasteiger partial charge is 0.316 e. The summed E-state index contributed by atoms with van der Waals surface area (Å²) in [5.74, 6) is 1.09. The molecule has 1 aromatic heterocycles. The van der Waals surface area contributed by atoms with Crippen LogP contribution in [0.5, 0.6) is 6.01 Å². The van der Waals surface area contributed by atoms with Crippen molar-refractivity contribution in [2.24, 2.45) is 11.8 Å². The minimum Gasteiger partial charge on any atom is -0.463 e. The Bertz CT molecular complexity index is 804. The quantitative estimate of drug-likeness (QED) is 0.671. The maximum Gasteiger partial charge on any atom is 0.316 e. The largest absolute Gasteiger partial charge is 0.463 e. The average Bonchev–Trinajstić information content (AvgIpc) is 3.14. The van der Waals surface area contributed by atoms with Crippen molar-refractivity contribution in [2.75, 3.05) is 32.8 Å². The Morgan fingerprint density at radius 2 is 1.73 bits per heavy atom. The lowest BCUT2D eigenvalue weighted by atomic mass is 9.95. The zero-order chi connectivity index (χ0) is 20.8. The second-order valence-corrected chi connectivity index (χ2v) is 8.60. The summed E-state index contributed by atoms with van der Waals surface area (Å²) in [6.07, 6.45) is 7.32. The highest BCUT2D eigenvalue weighted by molar-refractivity contribution is 5.78. The van der Waals surface area contributed by atoms with Gasteiger partial charge in [0.25, 0.3) is 0 Å². The second-order valence-electron chi connectivity index (χ2n) is 8.60. The van der Waals surface area contributed by atoms with Crippen molar-refractivity contribution < 1.29 is 9.53 Å². The molecule has 30 heavy (non-hydrogen) atoms. The van der Waals surface area contributed by atoms with Crippen LogP contribution in [-0.4, -0.2) is 58.5 Å². The predicted octanol–water partition coefficient (Wildman–Crippen LogP) is 3.18. The Morgan fingerprint density at radius 1 is 1.03 bits per heavy atom. The molecule has 0 radical (unpaired) electrons. The molecule has 4 rings (SSSR count). The number of carbonyl (C=O) groups is 1. The molecule has 1 atom stereocenters. The van der Waals surface area contributed by atoms with E-state index in [2.05, 4.69) is 46.1 Å². The maximum atomic E-state index is 12.5. The number of amides is 1. The lowest BCUT2D eigenvalue weighted by Gasteiger charge is -2.34. The Balaban J connectivity index is 1.18. The van der Waals surface area contributed by atoms with Gasteiger partial charge in [-0.15, -0.1) is 0 Å². The Hall–Kier alpha value is -2.47. The molecule has 1 aromatic carbocycles. The van der Waals surface area contributed by atoms with Crippen LogP contribution in [0.4, 0.5) is 0 Å². The topological polar surface area (TPSA) is 58.6 Å². The van der Waals surface area contributed by atoms with Gasteiger partial charge in [0.15, 0.2) is 0 Å². The van der Waals surface area contributed by atoms with Crippen LogP contribution in [0.3, 0.4) is 0 Å². The van der Waals surface area contributed by atoms with E-state index in [-0.39, 0.29) is 11.8 Å². The van der Waals surface area contributed by atoms with Gasteiger partial charge in [-0.3, -0.25) is 9.69 Å². The van der Waals surface area contributed by atoms with Gasteiger partial charge in [-0.2, -0.15) is 0 Å². The van der Waals surface area contributed by atoms with Crippen LogP contribution in [-0.2, 0) is 17.8 Å². The molecule has 2 fully saturated rings. The Kier molecular flexibility index (Phi) is 6.95. The fourth-order valence-electron chi connectivity index (χ4n) is 4.47. The number of aryl methyl sites for hydroxylation is 1. The summed E-state index contributed by atoms with van der Waals surface area (Å²) in [5.41, 5.74) is 2.79. The van der Waals surface area contributed by atoms with Crippen molar-refractivity contribution in [3.8, 4) is 6.01 Å². The second kappa shape index (κ2) is 10.0. The number of carbonyl (C=O) groups excluding carboxylic acids is 1. The van der Waals surface area contributed by atoms with E-state index in [4.69, 9.17) is 4.74 Å². The van der Waals surface area contributed by atoms with E-state index in [1.165, 1.54) is 11.1 Å². The van der Waals surface area contributed by atoms with Gasteiger partial charge in [-0.05, 0) is 55.5 Å². The lowest BCUT2D eigenvalue weighted by molar-refractivity contribution is -0.128. The van der Waals surface area contributed by atoms with Crippen LogP contribution in [0.25, 0.3) is 0 Å². The van der Waals surface area contributed by atoms with Gasteiger partial charge in [0.2, 0.25) is 5.91 Å². The molecule has 0 bridgehead atoms. The van der Waals surface area contributed by atoms with Crippen LogP contribution in [0.2, 0.25) is 0 Å². The Labute approximate surface area is 179 Å². The molecular formula is C24H32N4O2. The third-order valence-electron chi connectivity index (χ3n) is 6.31. The summed E-state index contributed by atoms with van der Waals surface area (Å²) in [4.78, 5) is 25.2. The number of rotatable bonds is 8. The van der Waals surface area contributed by atoms with E-state index in [9.17, 15) is 4.79 Å². The lowest BCUT2D eigenvalue weighted by Crippen LogP contribution is -2.39. The molecular weight excluding hydrogens is 376 g/mol. The van der Waals surface area contributed by atoms with E-state index in [0.29, 0.717) is 25.0 Å². The molecule has 2 aliphatic rings. The van der Waals surface area contributed by atoms with Gasteiger partial charge < -0.3 is 9.64 Å². The van der Waals surface area contributed by atoms with Crippen LogP contribution >= 0.6 is 0 Å². The standard InChI is InChI=1S/C24H32N4O2/c1-2-19-4-6-20(7-5-19)15-27-12-8-21(9-13-27)16-28-17-22(14-23(28)29)18-30-24-25-10-3-11-26-24/h3-7,10-11,21-22H,2,8-9,12-18H2,1H3. The van der Waals surface area contributed by atoms with E-state index in [0.717, 1.165) is 52.0 Å². The monoisotopic (exact) mass is 408 g/mol. The SMILES string of the molecule is CCc1ccc(CN2CCC(CN3CC(COc4ncccn4)CC3=O)CC2)cc1. The van der Waals surface area contributed by atoms with Crippen molar-refractivity contribution in [3.05, 3.63) is 53.9 Å². The van der Waals surface area contributed by atoms with E-state index in [1.807, 2.05) is 4.90 Å². The molecule has 3 heterocycles. The first-order valence-electron chi connectivity index (χ1n) is 11.2. The number of benzene rings is 1. The fraction of sp³-hybridized carbons (Fsp3) is 0.542. The summed E-state index contributed by atoms with van der Waals surface area (Å²) in [7, 11) is 0. The van der Waals surface area contributed by atoms with Crippen molar-refractivity contribution >= 4 is 5.91 Å². The third-order valence-corrected chi connectivity index (χ3v) is 6.31. The molecule has 0 aliphatic carbocycles. The first-order chi connectivity index (χ1) is 14.7. The normalized spacial score (nSPS) is 20.6. The Morgan fingerprint density at radius 3 is 2.43 bits per heavy atom. The highest BCUT2D eigenvalue weighted by Crippen LogP contribution is 2.25. The summed E-state index contributed by atoms with van der Waals surface area (Å²) in [6.45, 7) is 7.62. The molecule has 2 saturated heterocycles. The zero-order valence-corrected chi connectivity index (χ0v) is 17.9. The number of piperidine rings is 1. The highest BCUT2D eigenvalue weighted by Gasteiger charge is 2.32. The number of ether oxygens (including phenoxy) is 1. The first kappa shape index (κ1) is 20.8. The van der Waals surface area contributed by atoms with Crippen LogP contribution in [0.1, 0.15) is 37.3 Å². The molecule has 1 unspecified atom stereocenters. The van der Waals surface area contributed by atoms with Gasteiger partial charge >= 0.3 is 6.01 Å². The maximum absolute atomic E-state index is 12.5. The summed E-state index contributed by atoms with van der Waals surface area (Å²) in [6, 6.07) is 11.2. The highest BCUT2D eigenvalue weighted by atomic mass is 16.5. The van der Waals surface area contributed by atoms with E-state index in [1.54, 1.807) is 18.5 Å². The molecule has 0 saturated carbocycles. The average molecular weight is 409 g/mol. The number of hydrogen-bond donors (Lipinski definition) is 0. The number of hydrogen-bond acceptors (Lipinski definition) is 5. The fourth-order valence-corrected chi connectivity index (χ4v) is 4.47. The zero-order valence-electron chi connectivity index (χ0n) is 17.9. The molecule has 6 heteroatoms. The summed E-state index contributed by atoms with van der Waals surface area (Å²) >= 11 is 0. The molecule has 0 spiro atoms. The number of aromatic nitrogens is 2. The van der Waals surface area contributed by atoms with Crippen molar-refractivity contribution in [1.82, 2.24) is 19.8 Å². The van der Waals surface area contributed by atoms with E-state index < -0.39 is 0 Å². The van der Waals surface area contributed by atoms with Gasteiger partial charge in [0.1, 0.15) is 0 Å². The molecule has 2 aliphatic heterocycles. The number of likely N-dealkylation sites (tertiary alicyclic amines) is 2. The van der Waals surface area contributed by atoms with Gasteiger partial charge in [0.05, 0.1) is 6.61 Å².